The van der Waals surface area contributed by atoms with Crippen LogP contribution in [-0.4, -0.2) is 46.7 Å². The van der Waals surface area contributed by atoms with Crippen LogP contribution in [-0.2, 0) is 4.79 Å². The summed E-state index contributed by atoms with van der Waals surface area (Å²) in [5.41, 5.74) is 2.24. The summed E-state index contributed by atoms with van der Waals surface area (Å²) in [6.45, 7) is 3.44. The van der Waals surface area contributed by atoms with Gasteiger partial charge in [-0.3, -0.25) is 10.0 Å². The Morgan fingerprint density at radius 2 is 2.15 bits per heavy atom. The van der Waals surface area contributed by atoms with Crippen LogP contribution in [0, 0.1) is 5.92 Å². The van der Waals surface area contributed by atoms with Crippen LogP contribution in [0.25, 0.3) is 6.08 Å². The Balaban J connectivity index is 0.00000169. The number of carbonyl (C=O) groups is 1. The van der Waals surface area contributed by atoms with Gasteiger partial charge in [0.05, 0.1) is 5.02 Å². The van der Waals surface area contributed by atoms with Crippen molar-refractivity contribution in [2.24, 2.45) is 5.92 Å². The molecular weight excluding hydrogens is 399 g/mol. The first-order valence-electron chi connectivity index (χ1n) is 8.40. The fourth-order valence-corrected chi connectivity index (χ4v) is 3.29. The van der Waals surface area contributed by atoms with Crippen LogP contribution in [0.5, 0.6) is 0 Å². The van der Waals surface area contributed by atoms with Crippen molar-refractivity contribution in [3.05, 3.63) is 28.9 Å². The summed E-state index contributed by atoms with van der Waals surface area (Å²) in [7, 11) is 0. The molecule has 1 aromatic rings. The number of hydrogen-bond acceptors (Lipinski definition) is 5. The Kier molecular flexibility index (Phi) is 9.68. The van der Waals surface area contributed by atoms with Gasteiger partial charge in [0, 0.05) is 31.4 Å². The van der Waals surface area contributed by atoms with Crippen molar-refractivity contribution < 1.29 is 10.0 Å². The Labute approximate surface area is 171 Å². The van der Waals surface area contributed by atoms with Crippen molar-refractivity contribution in [1.29, 1.82) is 0 Å². The molecule has 0 unspecified atom stereocenters. The molecule has 1 saturated heterocycles. The highest BCUT2D eigenvalue weighted by Gasteiger charge is 2.27. The molecule has 9 heteroatoms. The predicted octanol–water partition coefficient (Wildman–Crippen LogP) is 3.38. The number of halogens is 3. The molecule has 1 aliphatic heterocycles. The van der Waals surface area contributed by atoms with Gasteiger partial charge >= 0.3 is 0 Å². The summed E-state index contributed by atoms with van der Waals surface area (Å²) < 4.78 is 0. The fraction of sp³-hybridized carbons (Fsp3) is 0.529. The van der Waals surface area contributed by atoms with E-state index in [4.69, 9.17) is 16.8 Å². The van der Waals surface area contributed by atoms with Gasteiger partial charge in [-0.15, -0.1) is 24.8 Å². The third-order valence-corrected chi connectivity index (χ3v) is 4.75. The molecule has 1 aromatic heterocycles. The van der Waals surface area contributed by atoms with Gasteiger partial charge in [-0.05, 0) is 55.9 Å². The second-order valence-electron chi connectivity index (χ2n) is 6.59. The molecule has 26 heavy (non-hydrogen) atoms. The average molecular weight is 424 g/mol. The number of hydrogen-bond donors (Lipinski definition) is 3. The van der Waals surface area contributed by atoms with E-state index in [0.717, 1.165) is 18.9 Å². The normalized spacial score (nSPS) is 20.2. The number of likely N-dealkylation sites (tertiary alicyclic amines) is 1. The van der Waals surface area contributed by atoms with Gasteiger partial charge in [0.15, 0.2) is 0 Å². The van der Waals surface area contributed by atoms with Crippen LogP contribution in [0.4, 0.5) is 5.82 Å². The van der Waals surface area contributed by atoms with Crippen molar-refractivity contribution in [2.45, 2.75) is 31.7 Å². The first-order chi connectivity index (χ1) is 11.6. The molecule has 1 amide bonds. The van der Waals surface area contributed by atoms with Gasteiger partial charge in [0.2, 0.25) is 0 Å². The highest BCUT2D eigenvalue weighted by atomic mass is 35.5. The number of rotatable bonds is 6. The highest BCUT2D eigenvalue weighted by molar-refractivity contribution is 6.33. The zero-order valence-electron chi connectivity index (χ0n) is 14.4. The molecule has 2 fully saturated rings. The molecule has 0 spiro atoms. The molecule has 0 aromatic carbocycles. The van der Waals surface area contributed by atoms with Crippen molar-refractivity contribution in [2.75, 3.05) is 25.0 Å². The van der Waals surface area contributed by atoms with E-state index in [9.17, 15) is 4.79 Å². The minimum atomic E-state index is -0.591. The zero-order valence-corrected chi connectivity index (χ0v) is 16.7. The van der Waals surface area contributed by atoms with Gasteiger partial charge in [-0.2, -0.15) is 0 Å². The van der Waals surface area contributed by atoms with E-state index in [2.05, 4.69) is 15.2 Å². The van der Waals surface area contributed by atoms with Gasteiger partial charge in [-0.1, -0.05) is 11.6 Å². The van der Waals surface area contributed by atoms with Gasteiger partial charge in [-0.25, -0.2) is 10.5 Å². The molecule has 0 radical (unpaired) electrons. The Hall–Kier alpha value is -1.05. The maximum atomic E-state index is 11.0. The average Bonchev–Trinajstić information content (AvgIpc) is 3.39. The molecule has 6 nitrogen and oxygen atoms in total. The number of hydroxylamine groups is 1. The van der Waals surface area contributed by atoms with Crippen LogP contribution < -0.4 is 10.8 Å². The summed E-state index contributed by atoms with van der Waals surface area (Å²) >= 11 is 6.31. The Morgan fingerprint density at radius 1 is 1.38 bits per heavy atom. The van der Waals surface area contributed by atoms with E-state index in [1.54, 1.807) is 23.8 Å². The van der Waals surface area contributed by atoms with Crippen molar-refractivity contribution in [3.63, 3.8) is 0 Å². The summed E-state index contributed by atoms with van der Waals surface area (Å²) in [5, 5.41) is 12.4. The number of piperidine rings is 1. The third kappa shape index (κ3) is 6.93. The van der Waals surface area contributed by atoms with E-state index in [1.807, 2.05) is 0 Å². The van der Waals surface area contributed by atoms with Gasteiger partial charge in [0.25, 0.3) is 5.91 Å². The molecule has 3 rings (SSSR count). The molecule has 2 heterocycles. The lowest BCUT2D eigenvalue weighted by molar-refractivity contribution is -0.124. The lowest BCUT2D eigenvalue weighted by Crippen LogP contribution is -2.43. The number of amides is 1. The van der Waals surface area contributed by atoms with Crippen molar-refractivity contribution in [3.8, 4) is 0 Å². The number of pyridine rings is 1. The fourth-order valence-electron chi connectivity index (χ4n) is 3.06. The molecule has 1 aliphatic carbocycles. The van der Waals surface area contributed by atoms with Gasteiger partial charge < -0.3 is 10.2 Å². The molecular formula is C17H25Cl3N4O2. The maximum absolute atomic E-state index is 11.0. The van der Waals surface area contributed by atoms with Crippen molar-refractivity contribution >= 4 is 54.2 Å². The highest BCUT2D eigenvalue weighted by Crippen LogP contribution is 2.31. The summed E-state index contributed by atoms with van der Waals surface area (Å²) in [6, 6.07) is 2.12. The largest absolute Gasteiger partial charge is 0.365 e. The minimum Gasteiger partial charge on any atom is -0.365 e. The predicted molar refractivity (Wildman–Crippen MR) is 109 cm³/mol. The van der Waals surface area contributed by atoms with Crippen LogP contribution >= 0.6 is 36.4 Å². The lowest BCUT2D eigenvalue weighted by atomic mass is 10.1. The molecule has 2 aliphatic rings. The third-order valence-electron chi connectivity index (χ3n) is 4.46. The molecule has 0 bridgehead atoms. The summed E-state index contributed by atoms with van der Waals surface area (Å²) in [4.78, 5) is 17.9. The lowest BCUT2D eigenvalue weighted by Gasteiger charge is -2.33. The van der Waals surface area contributed by atoms with Crippen molar-refractivity contribution in [1.82, 2.24) is 15.4 Å². The Morgan fingerprint density at radius 3 is 2.81 bits per heavy atom. The van der Waals surface area contributed by atoms with Crippen LogP contribution in [0.1, 0.15) is 31.2 Å². The van der Waals surface area contributed by atoms with Crippen LogP contribution in [0.2, 0.25) is 5.02 Å². The second-order valence-corrected chi connectivity index (χ2v) is 7.00. The smallest absolute Gasteiger partial charge is 0.267 e. The summed E-state index contributed by atoms with van der Waals surface area (Å²) in [6.07, 6.45) is 9.50. The quantitative estimate of drug-likeness (QED) is 0.371. The number of nitrogens with one attached hydrogen (secondary N) is 2. The molecule has 3 N–H and O–H groups in total. The van der Waals surface area contributed by atoms with E-state index in [0.29, 0.717) is 22.4 Å². The van der Waals surface area contributed by atoms with Crippen LogP contribution in [0.15, 0.2) is 18.3 Å². The molecule has 1 saturated carbocycles. The summed E-state index contributed by atoms with van der Waals surface area (Å²) in [5.74, 6) is 0.998. The topological polar surface area (TPSA) is 77.5 Å². The van der Waals surface area contributed by atoms with Gasteiger partial charge in [0.1, 0.15) is 5.82 Å². The van der Waals surface area contributed by atoms with E-state index in [1.165, 1.54) is 38.4 Å². The standard InChI is InChI=1S/C17H23ClN4O2.2ClH/c18-15-8-13(5-6-16(23)21-24)9-19-17(15)20-14-2-1-7-22(11-14)10-12-3-4-12;;/h5-6,8-9,12,14,24H,1-4,7,10-11H2,(H,19,20)(H,21,23);2*1H/b6-5+;;/t14-;;/m1../s1. The second kappa shape index (κ2) is 10.9. The number of carbonyl (C=O) groups excluding carboxylic acids is 1. The first-order valence-corrected chi connectivity index (χ1v) is 8.78. The number of aromatic nitrogens is 1. The SMILES string of the molecule is Cl.Cl.O=C(/C=C/c1cnc(N[C@@H]2CCCN(CC3CC3)C2)c(Cl)c1)NO. The molecule has 1 atom stereocenters. The molecule has 146 valence electrons. The monoisotopic (exact) mass is 422 g/mol. The van der Waals surface area contributed by atoms with Crippen LogP contribution in [0.3, 0.4) is 0 Å². The minimum absolute atomic E-state index is 0. The zero-order chi connectivity index (χ0) is 16.9. The number of anilines is 1. The van der Waals surface area contributed by atoms with E-state index < -0.39 is 5.91 Å². The first kappa shape index (κ1) is 23.0. The maximum Gasteiger partial charge on any atom is 0.267 e. The van der Waals surface area contributed by atoms with E-state index in [-0.39, 0.29) is 24.8 Å². The Bertz CT molecular complexity index is 626. The van der Waals surface area contributed by atoms with E-state index >= 15 is 0 Å². The number of nitrogens with zero attached hydrogens (tertiary/aromatic N) is 2.